The number of nitrogens with one attached hydrogen (secondary N) is 1. The summed E-state index contributed by atoms with van der Waals surface area (Å²) in [7, 11) is 0. The molecule has 1 aliphatic heterocycles. The van der Waals surface area contributed by atoms with Gasteiger partial charge >= 0.3 is 0 Å². The summed E-state index contributed by atoms with van der Waals surface area (Å²) < 4.78 is 11.3. The van der Waals surface area contributed by atoms with Crippen molar-refractivity contribution < 1.29 is 29.6 Å². The van der Waals surface area contributed by atoms with Crippen LogP contribution in [0.25, 0.3) is 0 Å². The molecule has 8 nitrogen and oxygen atoms in total. The molecular formula is C17H34N2O6. The molecule has 1 fully saturated rings. The Kier molecular flexibility index (Phi) is 8.24. The van der Waals surface area contributed by atoms with E-state index >= 15 is 0 Å². The van der Waals surface area contributed by atoms with Crippen molar-refractivity contribution in [1.29, 1.82) is 0 Å². The lowest BCUT2D eigenvalue weighted by atomic mass is 9.88. The van der Waals surface area contributed by atoms with Gasteiger partial charge in [0, 0.05) is 12.5 Å². The Bertz CT molecular complexity index is 431. The van der Waals surface area contributed by atoms with Gasteiger partial charge < -0.3 is 35.8 Å². The SMILES string of the molecule is CCCC(=O)NC1C(O)OC(CO)C(O)C1OC(C)(C)[C@@H](N)C(C)C. The van der Waals surface area contributed by atoms with Gasteiger partial charge in [0.2, 0.25) is 5.91 Å². The third kappa shape index (κ3) is 5.60. The van der Waals surface area contributed by atoms with Gasteiger partial charge in [-0.2, -0.15) is 0 Å². The lowest BCUT2D eigenvalue weighted by Crippen LogP contribution is -2.67. The van der Waals surface area contributed by atoms with Crippen molar-refractivity contribution >= 4 is 5.91 Å². The van der Waals surface area contributed by atoms with Crippen LogP contribution in [0.2, 0.25) is 0 Å². The van der Waals surface area contributed by atoms with Crippen LogP contribution in [0.1, 0.15) is 47.5 Å². The summed E-state index contributed by atoms with van der Waals surface area (Å²) in [5.74, 6) is -0.150. The molecule has 0 spiro atoms. The van der Waals surface area contributed by atoms with Gasteiger partial charge in [0.15, 0.2) is 6.29 Å². The smallest absolute Gasteiger partial charge is 0.220 e. The molecule has 6 N–H and O–H groups in total. The number of carbonyl (C=O) groups is 1. The molecule has 0 aromatic rings. The lowest BCUT2D eigenvalue weighted by molar-refractivity contribution is -0.278. The van der Waals surface area contributed by atoms with E-state index in [1.165, 1.54) is 0 Å². The van der Waals surface area contributed by atoms with Crippen LogP contribution in [-0.2, 0) is 14.3 Å². The van der Waals surface area contributed by atoms with Gasteiger partial charge in [-0.3, -0.25) is 4.79 Å². The first-order valence-electron chi connectivity index (χ1n) is 8.90. The quantitative estimate of drug-likeness (QED) is 0.392. The van der Waals surface area contributed by atoms with Gasteiger partial charge in [0.05, 0.1) is 12.2 Å². The maximum atomic E-state index is 12.0. The molecule has 5 unspecified atom stereocenters. The van der Waals surface area contributed by atoms with Gasteiger partial charge in [0.25, 0.3) is 0 Å². The fraction of sp³-hybridized carbons (Fsp3) is 0.941. The molecule has 0 radical (unpaired) electrons. The molecule has 0 aromatic heterocycles. The van der Waals surface area contributed by atoms with Crippen molar-refractivity contribution in [1.82, 2.24) is 5.32 Å². The second kappa shape index (κ2) is 9.25. The van der Waals surface area contributed by atoms with E-state index in [-0.39, 0.29) is 24.3 Å². The first-order valence-corrected chi connectivity index (χ1v) is 8.90. The van der Waals surface area contributed by atoms with E-state index in [1.54, 1.807) is 13.8 Å². The van der Waals surface area contributed by atoms with E-state index in [0.29, 0.717) is 6.42 Å². The van der Waals surface area contributed by atoms with Crippen molar-refractivity contribution in [2.45, 2.75) is 89.7 Å². The molecule has 25 heavy (non-hydrogen) atoms. The summed E-state index contributed by atoms with van der Waals surface area (Å²) in [5.41, 5.74) is 5.39. The Morgan fingerprint density at radius 2 is 1.96 bits per heavy atom. The molecule has 1 rings (SSSR count). The van der Waals surface area contributed by atoms with Crippen LogP contribution in [0, 0.1) is 5.92 Å². The van der Waals surface area contributed by atoms with E-state index in [0.717, 1.165) is 0 Å². The Hall–Kier alpha value is -0.770. The van der Waals surface area contributed by atoms with Crippen molar-refractivity contribution in [3.8, 4) is 0 Å². The monoisotopic (exact) mass is 362 g/mol. The van der Waals surface area contributed by atoms with Crippen molar-refractivity contribution in [3.05, 3.63) is 0 Å². The largest absolute Gasteiger partial charge is 0.394 e. The summed E-state index contributed by atoms with van der Waals surface area (Å²) in [6, 6.07) is -1.30. The predicted molar refractivity (Wildman–Crippen MR) is 92.6 cm³/mol. The van der Waals surface area contributed by atoms with Crippen LogP contribution in [0.5, 0.6) is 0 Å². The Morgan fingerprint density at radius 1 is 1.36 bits per heavy atom. The first-order chi connectivity index (χ1) is 11.5. The lowest BCUT2D eigenvalue weighted by Gasteiger charge is -2.47. The fourth-order valence-electron chi connectivity index (χ4n) is 3.10. The number of aliphatic hydroxyl groups excluding tert-OH is 3. The van der Waals surface area contributed by atoms with Crippen LogP contribution in [0.4, 0.5) is 0 Å². The molecular weight excluding hydrogens is 328 g/mol. The van der Waals surface area contributed by atoms with Gasteiger partial charge in [0.1, 0.15) is 24.4 Å². The molecule has 1 saturated heterocycles. The number of aliphatic hydroxyl groups is 3. The van der Waals surface area contributed by atoms with Crippen LogP contribution in [-0.4, -0.2) is 70.1 Å². The van der Waals surface area contributed by atoms with Crippen LogP contribution in [0.3, 0.4) is 0 Å². The molecule has 6 atom stereocenters. The van der Waals surface area contributed by atoms with Crippen molar-refractivity contribution in [2.24, 2.45) is 11.7 Å². The van der Waals surface area contributed by atoms with Gasteiger partial charge in [-0.05, 0) is 26.2 Å². The minimum absolute atomic E-state index is 0.124. The molecule has 8 heteroatoms. The highest BCUT2D eigenvalue weighted by atomic mass is 16.6. The maximum absolute atomic E-state index is 12.0. The zero-order chi connectivity index (χ0) is 19.4. The number of ether oxygens (including phenoxy) is 2. The topological polar surface area (TPSA) is 134 Å². The van der Waals surface area contributed by atoms with E-state index in [1.807, 2.05) is 20.8 Å². The maximum Gasteiger partial charge on any atom is 0.220 e. The highest BCUT2D eigenvalue weighted by Gasteiger charge is 2.48. The zero-order valence-electron chi connectivity index (χ0n) is 15.8. The number of hydrogen-bond acceptors (Lipinski definition) is 7. The van der Waals surface area contributed by atoms with E-state index in [4.69, 9.17) is 15.2 Å². The van der Waals surface area contributed by atoms with Gasteiger partial charge in [-0.25, -0.2) is 0 Å². The van der Waals surface area contributed by atoms with Crippen molar-refractivity contribution in [3.63, 3.8) is 0 Å². The molecule has 0 bridgehead atoms. The Morgan fingerprint density at radius 3 is 2.44 bits per heavy atom. The minimum Gasteiger partial charge on any atom is -0.394 e. The van der Waals surface area contributed by atoms with E-state index in [9.17, 15) is 20.1 Å². The Balaban J connectivity index is 3.04. The third-order valence-corrected chi connectivity index (χ3v) is 4.64. The number of carbonyl (C=O) groups excluding carboxylic acids is 1. The molecule has 1 heterocycles. The molecule has 0 aliphatic carbocycles. The minimum atomic E-state index is -1.41. The summed E-state index contributed by atoms with van der Waals surface area (Å²) >= 11 is 0. The fourth-order valence-corrected chi connectivity index (χ4v) is 3.10. The number of nitrogens with two attached hydrogens (primary N) is 1. The van der Waals surface area contributed by atoms with Crippen LogP contribution < -0.4 is 11.1 Å². The van der Waals surface area contributed by atoms with Gasteiger partial charge in [-0.15, -0.1) is 0 Å². The average Bonchev–Trinajstić information content (AvgIpc) is 2.53. The first kappa shape index (κ1) is 22.3. The average molecular weight is 362 g/mol. The zero-order valence-corrected chi connectivity index (χ0v) is 15.8. The van der Waals surface area contributed by atoms with E-state index < -0.39 is 42.9 Å². The number of rotatable bonds is 8. The predicted octanol–water partition coefficient (Wildman–Crippen LogP) is -0.511. The van der Waals surface area contributed by atoms with Gasteiger partial charge in [-0.1, -0.05) is 20.8 Å². The van der Waals surface area contributed by atoms with Crippen LogP contribution in [0.15, 0.2) is 0 Å². The standard InChI is InChI=1S/C17H34N2O6/c1-6-7-11(21)19-12-14(13(22)10(8-20)24-16(12)23)25-17(4,5)15(18)9(2)3/h9-10,12-16,20,22-23H,6-8,18H2,1-5H3,(H,19,21)/t10?,12?,13?,14?,15-,16?/m0/s1. The molecule has 1 aliphatic rings. The third-order valence-electron chi connectivity index (χ3n) is 4.64. The van der Waals surface area contributed by atoms with Crippen molar-refractivity contribution in [2.75, 3.05) is 6.61 Å². The molecule has 1 amide bonds. The Labute approximate surface area is 149 Å². The molecule has 148 valence electrons. The summed E-state index contributed by atoms with van der Waals surface area (Å²) in [6.45, 7) is 8.90. The summed E-state index contributed by atoms with van der Waals surface area (Å²) in [4.78, 5) is 12.0. The highest BCUT2D eigenvalue weighted by molar-refractivity contribution is 5.76. The summed E-state index contributed by atoms with van der Waals surface area (Å²) in [5, 5.41) is 32.8. The normalized spacial score (nSPS) is 31.8. The second-order valence-electron chi connectivity index (χ2n) is 7.54. The summed E-state index contributed by atoms with van der Waals surface area (Å²) in [6.07, 6.45) is -3.68. The van der Waals surface area contributed by atoms with Crippen LogP contribution >= 0.6 is 0 Å². The molecule has 0 saturated carbocycles. The molecule has 0 aromatic carbocycles. The number of amides is 1. The van der Waals surface area contributed by atoms with E-state index in [2.05, 4.69) is 5.32 Å². The number of hydrogen-bond donors (Lipinski definition) is 5. The highest BCUT2D eigenvalue weighted by Crippen LogP contribution is 2.29. The second-order valence-corrected chi connectivity index (χ2v) is 7.54.